The Morgan fingerprint density at radius 2 is 2.10 bits per heavy atom. The van der Waals surface area contributed by atoms with Crippen molar-refractivity contribution < 1.29 is 4.79 Å². The molecule has 0 aliphatic heterocycles. The second kappa shape index (κ2) is 5.44. The van der Waals surface area contributed by atoms with E-state index in [1.807, 2.05) is 45.0 Å². The Labute approximate surface area is 124 Å². The van der Waals surface area contributed by atoms with Crippen LogP contribution in [0.1, 0.15) is 31.9 Å². The van der Waals surface area contributed by atoms with Crippen molar-refractivity contribution in [3.8, 4) is 0 Å². The van der Waals surface area contributed by atoms with Gasteiger partial charge in [0, 0.05) is 12.3 Å². The number of rotatable bonds is 3. The predicted molar refractivity (Wildman–Crippen MR) is 84.7 cm³/mol. The van der Waals surface area contributed by atoms with Crippen molar-refractivity contribution in [2.24, 2.45) is 0 Å². The number of hydrogen-bond acceptors (Lipinski definition) is 3. The molecule has 3 N–H and O–H groups in total. The van der Waals surface area contributed by atoms with Crippen LogP contribution in [0, 0.1) is 0 Å². The maximum absolute atomic E-state index is 12.2. The summed E-state index contributed by atoms with van der Waals surface area (Å²) >= 11 is 0. The van der Waals surface area contributed by atoms with E-state index in [9.17, 15) is 4.79 Å². The monoisotopic (exact) mass is 284 g/mol. The van der Waals surface area contributed by atoms with Crippen molar-refractivity contribution in [3.05, 3.63) is 54.2 Å². The van der Waals surface area contributed by atoms with Crippen LogP contribution in [0.3, 0.4) is 0 Å². The van der Waals surface area contributed by atoms with E-state index in [1.165, 1.54) is 10.9 Å². The molecule has 0 unspecified atom stereocenters. The minimum Gasteiger partial charge on any atom is -0.382 e. The lowest BCUT2D eigenvalue weighted by molar-refractivity contribution is 0.228. The number of carbonyl (C=O) groups excluding carboxylic acids is 1. The van der Waals surface area contributed by atoms with Gasteiger partial charge in [-0.15, -0.1) is 5.10 Å². The van der Waals surface area contributed by atoms with Crippen molar-refractivity contribution in [2.45, 2.75) is 26.3 Å². The molecule has 1 amide bonds. The van der Waals surface area contributed by atoms with E-state index in [1.54, 1.807) is 6.07 Å². The van der Waals surface area contributed by atoms with Crippen molar-refractivity contribution >= 4 is 17.4 Å². The first kappa shape index (κ1) is 14.8. The van der Waals surface area contributed by atoms with Gasteiger partial charge in [-0.3, -0.25) is 0 Å². The van der Waals surface area contributed by atoms with Crippen LogP contribution in [0.5, 0.6) is 0 Å². The quantitative estimate of drug-likeness (QED) is 0.910. The summed E-state index contributed by atoms with van der Waals surface area (Å²) in [5.41, 5.74) is 8.02. The molecule has 21 heavy (non-hydrogen) atoms. The second-order valence-electron chi connectivity index (χ2n) is 5.60. The van der Waals surface area contributed by atoms with Crippen LogP contribution in [-0.2, 0) is 5.54 Å². The summed E-state index contributed by atoms with van der Waals surface area (Å²) in [6, 6.07) is 9.22. The Morgan fingerprint density at radius 3 is 2.67 bits per heavy atom. The Bertz CT molecular complexity index is 685. The molecule has 0 aliphatic rings. The van der Waals surface area contributed by atoms with Gasteiger partial charge in [0.1, 0.15) is 5.82 Å². The summed E-state index contributed by atoms with van der Waals surface area (Å²) in [4.78, 5) is 12.2. The number of aromatic nitrogens is 2. The maximum Gasteiger partial charge on any atom is 0.342 e. The predicted octanol–water partition coefficient (Wildman–Crippen LogP) is 2.99. The van der Waals surface area contributed by atoms with E-state index < -0.39 is 5.54 Å². The molecule has 110 valence electrons. The first-order valence-electron chi connectivity index (χ1n) is 6.70. The summed E-state index contributed by atoms with van der Waals surface area (Å²) in [5, 5.41) is 6.85. The third kappa shape index (κ3) is 3.31. The zero-order chi connectivity index (χ0) is 15.6. The van der Waals surface area contributed by atoms with Gasteiger partial charge in [0.25, 0.3) is 0 Å². The summed E-state index contributed by atoms with van der Waals surface area (Å²) in [6.45, 7) is 9.78. The Balaban J connectivity index is 2.23. The molecule has 0 atom stereocenters. The molecule has 1 heterocycles. The molecule has 2 rings (SSSR count). The molecular weight excluding hydrogens is 264 g/mol. The number of benzene rings is 1. The van der Waals surface area contributed by atoms with Gasteiger partial charge in [0.15, 0.2) is 0 Å². The van der Waals surface area contributed by atoms with Gasteiger partial charge >= 0.3 is 6.03 Å². The lowest BCUT2D eigenvalue weighted by atomic mass is 9.92. The molecule has 1 aromatic heterocycles. The highest BCUT2D eigenvalue weighted by molar-refractivity contribution is 5.77. The van der Waals surface area contributed by atoms with Gasteiger partial charge in [0.05, 0.1) is 5.54 Å². The minimum absolute atomic E-state index is 0.312. The molecule has 1 aromatic carbocycles. The average molecular weight is 284 g/mol. The molecule has 0 saturated heterocycles. The van der Waals surface area contributed by atoms with Crippen LogP contribution >= 0.6 is 0 Å². The summed E-state index contributed by atoms with van der Waals surface area (Å²) in [5.74, 6) is 0.312. The van der Waals surface area contributed by atoms with Crippen molar-refractivity contribution in [1.82, 2.24) is 15.1 Å². The molecule has 5 nitrogen and oxygen atoms in total. The maximum atomic E-state index is 12.2. The lowest BCUT2D eigenvalue weighted by Gasteiger charge is -2.27. The number of nitrogens with zero attached hydrogens (tertiary/aromatic N) is 2. The Morgan fingerprint density at radius 1 is 1.38 bits per heavy atom. The zero-order valence-electron chi connectivity index (χ0n) is 12.6. The van der Waals surface area contributed by atoms with E-state index in [0.717, 1.165) is 16.7 Å². The molecule has 0 spiro atoms. The fourth-order valence-electron chi connectivity index (χ4n) is 2.02. The molecule has 0 bridgehead atoms. The molecular formula is C16H20N4O. The number of carbonyl (C=O) groups is 1. The Hall–Kier alpha value is -2.56. The van der Waals surface area contributed by atoms with E-state index in [4.69, 9.17) is 5.73 Å². The van der Waals surface area contributed by atoms with Crippen LogP contribution in [0.25, 0.3) is 5.57 Å². The summed E-state index contributed by atoms with van der Waals surface area (Å²) in [7, 11) is 0. The molecule has 0 fully saturated rings. The van der Waals surface area contributed by atoms with E-state index in [-0.39, 0.29) is 6.03 Å². The first-order valence-corrected chi connectivity index (χ1v) is 6.70. The normalized spacial score (nSPS) is 11.2. The van der Waals surface area contributed by atoms with E-state index in [0.29, 0.717) is 5.82 Å². The van der Waals surface area contributed by atoms with Gasteiger partial charge in [-0.1, -0.05) is 30.4 Å². The Kier molecular flexibility index (Phi) is 3.84. The number of nitrogens with two attached hydrogens (primary N) is 1. The number of allylic oxidation sites excluding steroid dienone is 1. The van der Waals surface area contributed by atoms with Crippen LogP contribution in [-0.4, -0.2) is 15.8 Å². The average Bonchev–Trinajstić information content (AvgIpc) is 2.85. The lowest BCUT2D eigenvalue weighted by Crippen LogP contribution is -2.43. The van der Waals surface area contributed by atoms with Crippen LogP contribution in [0.4, 0.5) is 10.6 Å². The summed E-state index contributed by atoms with van der Waals surface area (Å²) in [6.07, 6.45) is 1.53. The molecule has 0 aliphatic carbocycles. The molecule has 5 heteroatoms. The SMILES string of the molecule is C=C(C)c1cccc(C(C)(C)NC(=O)n2ccc(N)n2)c1. The highest BCUT2D eigenvalue weighted by atomic mass is 16.2. The number of anilines is 1. The van der Waals surface area contributed by atoms with Crippen LogP contribution < -0.4 is 11.1 Å². The van der Waals surface area contributed by atoms with Crippen LogP contribution in [0.15, 0.2) is 43.1 Å². The molecule has 0 radical (unpaired) electrons. The highest BCUT2D eigenvalue weighted by Gasteiger charge is 2.24. The van der Waals surface area contributed by atoms with Gasteiger partial charge in [-0.2, -0.15) is 4.68 Å². The molecule has 2 aromatic rings. The minimum atomic E-state index is -0.538. The standard InChI is InChI=1S/C16H20N4O/c1-11(2)12-6-5-7-13(10-12)16(3,4)18-15(21)20-9-8-14(17)19-20/h5-10H,1H2,2-4H3,(H2,17,19)(H,18,21). The van der Waals surface area contributed by atoms with Crippen molar-refractivity contribution in [1.29, 1.82) is 0 Å². The highest BCUT2D eigenvalue weighted by Crippen LogP contribution is 2.23. The fraction of sp³-hybridized carbons (Fsp3) is 0.250. The number of nitrogen functional groups attached to an aromatic ring is 1. The molecule has 0 saturated carbocycles. The smallest absolute Gasteiger partial charge is 0.342 e. The fourth-order valence-corrected chi connectivity index (χ4v) is 2.02. The second-order valence-corrected chi connectivity index (χ2v) is 5.60. The van der Waals surface area contributed by atoms with Gasteiger partial charge in [0.2, 0.25) is 0 Å². The zero-order valence-corrected chi connectivity index (χ0v) is 12.6. The van der Waals surface area contributed by atoms with E-state index in [2.05, 4.69) is 17.0 Å². The number of hydrogen-bond donors (Lipinski definition) is 2. The van der Waals surface area contributed by atoms with Gasteiger partial charge in [-0.25, -0.2) is 4.79 Å². The largest absolute Gasteiger partial charge is 0.382 e. The van der Waals surface area contributed by atoms with E-state index >= 15 is 0 Å². The van der Waals surface area contributed by atoms with Crippen molar-refractivity contribution in [2.75, 3.05) is 5.73 Å². The third-order valence-corrected chi connectivity index (χ3v) is 3.31. The number of nitrogens with one attached hydrogen (secondary N) is 1. The topological polar surface area (TPSA) is 72.9 Å². The van der Waals surface area contributed by atoms with Gasteiger partial charge < -0.3 is 11.1 Å². The van der Waals surface area contributed by atoms with Gasteiger partial charge in [-0.05, 0) is 38.0 Å². The number of amides is 1. The van der Waals surface area contributed by atoms with Crippen LogP contribution in [0.2, 0.25) is 0 Å². The van der Waals surface area contributed by atoms with Crippen molar-refractivity contribution in [3.63, 3.8) is 0 Å². The first-order chi connectivity index (χ1) is 9.79. The third-order valence-electron chi connectivity index (χ3n) is 3.31. The summed E-state index contributed by atoms with van der Waals surface area (Å²) < 4.78 is 1.19.